The Morgan fingerprint density at radius 1 is 1.27 bits per heavy atom. The van der Waals surface area contributed by atoms with Gasteiger partial charge in [0, 0.05) is 0 Å². The molecule has 3 rings (SSSR count). The summed E-state index contributed by atoms with van der Waals surface area (Å²) in [5, 5.41) is 0. The lowest BCUT2D eigenvalue weighted by Crippen LogP contribution is -2.53. The van der Waals surface area contributed by atoms with E-state index in [1.165, 1.54) is 12.8 Å². The summed E-state index contributed by atoms with van der Waals surface area (Å²) >= 11 is 0. The number of carbonyl (C=O) groups excluding carboxylic acids is 1. The number of piperidine rings is 3. The van der Waals surface area contributed by atoms with Gasteiger partial charge in [0.15, 0.2) is 0 Å². The van der Waals surface area contributed by atoms with Gasteiger partial charge in [-0.1, -0.05) is 0 Å². The van der Waals surface area contributed by atoms with E-state index in [0.717, 1.165) is 25.4 Å². The highest BCUT2D eigenvalue weighted by Gasteiger charge is 2.39. The van der Waals surface area contributed by atoms with Crippen molar-refractivity contribution in [3.05, 3.63) is 0 Å². The third-order valence-electron chi connectivity index (χ3n) is 3.33. The van der Waals surface area contributed by atoms with Gasteiger partial charge in [-0.3, -0.25) is 9.69 Å². The van der Waals surface area contributed by atoms with E-state index in [1.807, 2.05) is 20.8 Å². The van der Waals surface area contributed by atoms with Crippen LogP contribution in [-0.4, -0.2) is 35.6 Å². The van der Waals surface area contributed by atoms with Crippen LogP contribution < -0.4 is 0 Å². The second-order valence-electron chi connectivity index (χ2n) is 5.76. The first kappa shape index (κ1) is 10.9. The molecule has 3 nitrogen and oxygen atoms in total. The van der Waals surface area contributed by atoms with Crippen LogP contribution >= 0.6 is 0 Å². The molecule has 3 fully saturated rings. The van der Waals surface area contributed by atoms with Crippen LogP contribution in [0.2, 0.25) is 0 Å². The molecule has 86 valence electrons. The van der Waals surface area contributed by atoms with Gasteiger partial charge >= 0.3 is 5.97 Å². The Morgan fingerprint density at radius 2 is 1.87 bits per heavy atom. The summed E-state index contributed by atoms with van der Waals surface area (Å²) in [5.74, 6) is 0.736. The molecule has 0 aliphatic carbocycles. The van der Waals surface area contributed by atoms with E-state index >= 15 is 0 Å². The molecule has 15 heavy (non-hydrogen) atoms. The zero-order chi connectivity index (χ0) is 11.1. The fraction of sp³-hybridized carbons (Fsp3) is 0.917. The molecule has 3 aliphatic rings. The summed E-state index contributed by atoms with van der Waals surface area (Å²) in [6.45, 7) is 7.95. The molecule has 0 N–H and O–H groups in total. The summed E-state index contributed by atoms with van der Waals surface area (Å²) in [4.78, 5) is 14.2. The van der Waals surface area contributed by atoms with Crippen molar-refractivity contribution in [3.8, 4) is 0 Å². The van der Waals surface area contributed by atoms with Crippen LogP contribution in [0.3, 0.4) is 0 Å². The summed E-state index contributed by atoms with van der Waals surface area (Å²) in [6, 6.07) is 0.0386. The summed E-state index contributed by atoms with van der Waals surface area (Å²) in [7, 11) is 0. The van der Waals surface area contributed by atoms with Crippen LogP contribution in [0.5, 0.6) is 0 Å². The Labute approximate surface area is 91.8 Å². The van der Waals surface area contributed by atoms with Crippen LogP contribution in [-0.2, 0) is 9.53 Å². The first-order chi connectivity index (χ1) is 6.96. The van der Waals surface area contributed by atoms with E-state index in [0.29, 0.717) is 0 Å². The second-order valence-corrected chi connectivity index (χ2v) is 5.76. The fourth-order valence-corrected chi connectivity index (χ4v) is 2.58. The molecule has 1 unspecified atom stereocenters. The van der Waals surface area contributed by atoms with Crippen molar-refractivity contribution >= 4 is 5.97 Å². The van der Waals surface area contributed by atoms with Gasteiger partial charge in [-0.15, -0.1) is 0 Å². The van der Waals surface area contributed by atoms with E-state index < -0.39 is 0 Å². The summed E-state index contributed by atoms with van der Waals surface area (Å²) in [6.07, 6.45) is 3.54. The molecule has 0 radical (unpaired) electrons. The van der Waals surface area contributed by atoms with E-state index in [1.54, 1.807) is 0 Å². The van der Waals surface area contributed by atoms with Gasteiger partial charge in [-0.2, -0.15) is 0 Å². The molecular formula is C12H21NO2. The van der Waals surface area contributed by atoms with Crippen molar-refractivity contribution in [1.29, 1.82) is 0 Å². The molecule has 0 spiro atoms. The number of fused-ring (bicyclic) bond motifs is 3. The highest BCUT2D eigenvalue weighted by atomic mass is 16.6. The minimum Gasteiger partial charge on any atom is -0.459 e. The van der Waals surface area contributed by atoms with Gasteiger partial charge in [0.1, 0.15) is 11.6 Å². The molecular weight excluding hydrogens is 190 g/mol. The molecule has 2 bridgehead atoms. The lowest BCUT2D eigenvalue weighted by molar-refractivity contribution is -0.165. The summed E-state index contributed by atoms with van der Waals surface area (Å²) in [5.41, 5.74) is -0.352. The average Bonchev–Trinajstić information content (AvgIpc) is 2.17. The quantitative estimate of drug-likeness (QED) is 0.620. The molecule has 0 saturated carbocycles. The maximum absolute atomic E-state index is 11.9. The number of rotatable bonds is 1. The van der Waals surface area contributed by atoms with Gasteiger partial charge in [0.25, 0.3) is 0 Å². The fourth-order valence-electron chi connectivity index (χ4n) is 2.58. The maximum Gasteiger partial charge on any atom is 0.323 e. The molecule has 3 saturated heterocycles. The molecule has 0 aromatic rings. The van der Waals surface area contributed by atoms with Crippen molar-refractivity contribution in [3.63, 3.8) is 0 Å². The van der Waals surface area contributed by atoms with Gasteiger partial charge in [-0.25, -0.2) is 0 Å². The number of hydrogen-bond acceptors (Lipinski definition) is 3. The van der Waals surface area contributed by atoms with Gasteiger partial charge in [-0.05, 0) is 59.0 Å². The number of carbonyl (C=O) groups is 1. The van der Waals surface area contributed by atoms with Crippen molar-refractivity contribution < 1.29 is 9.53 Å². The maximum atomic E-state index is 11.9. The normalized spacial score (nSPS) is 35.3. The SMILES string of the molecule is CC(C)(C)OC(=O)C1CC2CCN1CC2. The smallest absolute Gasteiger partial charge is 0.323 e. The van der Waals surface area contributed by atoms with Gasteiger partial charge in [0.2, 0.25) is 0 Å². The van der Waals surface area contributed by atoms with Crippen LogP contribution in [0, 0.1) is 5.92 Å². The monoisotopic (exact) mass is 211 g/mol. The lowest BCUT2D eigenvalue weighted by Gasteiger charge is -2.44. The summed E-state index contributed by atoms with van der Waals surface area (Å²) < 4.78 is 5.45. The minimum absolute atomic E-state index is 0.0214. The Hall–Kier alpha value is -0.570. The predicted octanol–water partition coefficient (Wildman–Crippen LogP) is 1.81. The zero-order valence-corrected chi connectivity index (χ0v) is 9.95. The van der Waals surface area contributed by atoms with Gasteiger partial charge < -0.3 is 4.74 Å². The highest BCUT2D eigenvalue weighted by molar-refractivity contribution is 5.76. The second kappa shape index (κ2) is 3.78. The van der Waals surface area contributed by atoms with Crippen LogP contribution in [0.25, 0.3) is 0 Å². The molecule has 3 aliphatic heterocycles. The van der Waals surface area contributed by atoms with Crippen molar-refractivity contribution in [2.24, 2.45) is 5.92 Å². The Morgan fingerprint density at radius 3 is 2.27 bits per heavy atom. The van der Waals surface area contributed by atoms with E-state index in [2.05, 4.69) is 4.90 Å². The van der Waals surface area contributed by atoms with E-state index in [4.69, 9.17) is 4.74 Å². The number of nitrogens with zero attached hydrogens (tertiary/aromatic N) is 1. The highest BCUT2D eigenvalue weighted by Crippen LogP contribution is 2.32. The van der Waals surface area contributed by atoms with Crippen molar-refractivity contribution in [2.45, 2.75) is 51.7 Å². The third kappa shape index (κ3) is 2.51. The van der Waals surface area contributed by atoms with Crippen LogP contribution in [0.4, 0.5) is 0 Å². The van der Waals surface area contributed by atoms with E-state index in [9.17, 15) is 4.79 Å². The Bertz CT molecular complexity index is 249. The molecule has 1 atom stereocenters. The topological polar surface area (TPSA) is 29.5 Å². The predicted molar refractivity (Wildman–Crippen MR) is 58.5 cm³/mol. The Balaban J connectivity index is 1.96. The third-order valence-corrected chi connectivity index (χ3v) is 3.33. The Kier molecular flexibility index (Phi) is 2.75. The largest absolute Gasteiger partial charge is 0.459 e. The number of hydrogen-bond donors (Lipinski definition) is 0. The van der Waals surface area contributed by atoms with Crippen molar-refractivity contribution in [1.82, 2.24) is 4.90 Å². The molecule has 0 amide bonds. The minimum atomic E-state index is -0.352. The van der Waals surface area contributed by atoms with Crippen LogP contribution in [0.15, 0.2) is 0 Å². The molecule has 0 aromatic carbocycles. The molecule has 0 aromatic heterocycles. The van der Waals surface area contributed by atoms with Gasteiger partial charge in [0.05, 0.1) is 0 Å². The zero-order valence-electron chi connectivity index (χ0n) is 9.95. The molecule has 3 heteroatoms. The van der Waals surface area contributed by atoms with E-state index in [-0.39, 0.29) is 17.6 Å². The van der Waals surface area contributed by atoms with Crippen LogP contribution in [0.1, 0.15) is 40.0 Å². The first-order valence-corrected chi connectivity index (χ1v) is 5.92. The standard InChI is InChI=1S/C12H21NO2/c1-12(2,3)15-11(14)10-8-9-4-6-13(10)7-5-9/h9-10H,4-8H2,1-3H3. The van der Waals surface area contributed by atoms with Crippen molar-refractivity contribution in [2.75, 3.05) is 13.1 Å². The first-order valence-electron chi connectivity index (χ1n) is 5.92. The average molecular weight is 211 g/mol. The lowest BCUT2D eigenvalue weighted by atomic mass is 9.83. The number of ether oxygens (including phenoxy) is 1. The molecule has 3 heterocycles. The number of esters is 1.